The summed E-state index contributed by atoms with van der Waals surface area (Å²) in [5, 5.41) is 11.0. The molecule has 2 aliphatic rings. The quantitative estimate of drug-likeness (QED) is 0.909. The first-order valence-electron chi connectivity index (χ1n) is 7.90. The van der Waals surface area contributed by atoms with Gasteiger partial charge in [-0.2, -0.15) is 0 Å². The van der Waals surface area contributed by atoms with Crippen LogP contribution in [0, 0.1) is 0 Å². The Kier molecular flexibility index (Phi) is 4.27. The molecule has 0 bridgehead atoms. The molecule has 1 aliphatic heterocycles. The van der Waals surface area contributed by atoms with Gasteiger partial charge in [0, 0.05) is 18.7 Å². The molecule has 0 spiro atoms. The van der Waals surface area contributed by atoms with Gasteiger partial charge in [0.25, 0.3) is 5.91 Å². The van der Waals surface area contributed by atoms with Gasteiger partial charge in [-0.1, -0.05) is 37.5 Å². The van der Waals surface area contributed by atoms with Crippen LogP contribution in [0.3, 0.4) is 0 Å². The lowest BCUT2D eigenvalue weighted by Crippen LogP contribution is -2.42. The van der Waals surface area contributed by atoms with Gasteiger partial charge in [0.05, 0.1) is 18.8 Å². The molecule has 0 radical (unpaired) electrons. The number of amides is 1. The molecule has 1 N–H and O–H groups in total. The summed E-state index contributed by atoms with van der Waals surface area (Å²) in [5.41, 5.74) is 0.626. The molecule has 3 rings (SSSR count). The largest absolute Gasteiger partial charge is 0.385 e. The van der Waals surface area contributed by atoms with E-state index in [4.69, 9.17) is 4.74 Å². The summed E-state index contributed by atoms with van der Waals surface area (Å²) in [4.78, 5) is 14.6. The van der Waals surface area contributed by atoms with E-state index in [2.05, 4.69) is 0 Å². The van der Waals surface area contributed by atoms with E-state index in [1.54, 1.807) is 0 Å². The van der Waals surface area contributed by atoms with Gasteiger partial charge in [0.1, 0.15) is 0 Å². The highest BCUT2D eigenvalue weighted by Crippen LogP contribution is 2.38. The van der Waals surface area contributed by atoms with Crippen molar-refractivity contribution in [3.05, 3.63) is 35.4 Å². The highest BCUT2D eigenvalue weighted by Gasteiger charge is 2.35. The topological polar surface area (TPSA) is 49.8 Å². The average Bonchev–Trinajstić information content (AvgIpc) is 2.56. The Bertz CT molecular complexity index is 503. The van der Waals surface area contributed by atoms with Crippen molar-refractivity contribution < 1.29 is 14.6 Å². The fourth-order valence-electron chi connectivity index (χ4n) is 3.42. The molecular weight excluding hydrogens is 266 g/mol. The second-order valence-electron chi connectivity index (χ2n) is 6.04. The van der Waals surface area contributed by atoms with E-state index in [1.165, 1.54) is 6.42 Å². The first-order chi connectivity index (χ1) is 10.2. The van der Waals surface area contributed by atoms with E-state index in [0.717, 1.165) is 31.2 Å². The minimum absolute atomic E-state index is 0.0212. The lowest BCUT2D eigenvalue weighted by Gasteiger charge is -2.35. The Morgan fingerprint density at radius 2 is 1.76 bits per heavy atom. The molecule has 0 unspecified atom stereocenters. The van der Waals surface area contributed by atoms with Crippen molar-refractivity contribution in [1.29, 1.82) is 0 Å². The van der Waals surface area contributed by atoms with Crippen LogP contribution in [0.2, 0.25) is 0 Å². The lowest BCUT2D eigenvalue weighted by atomic mass is 9.77. The Hall–Kier alpha value is -1.39. The van der Waals surface area contributed by atoms with Crippen LogP contribution in [0.1, 0.15) is 48.0 Å². The number of hydrogen-bond acceptors (Lipinski definition) is 3. The predicted octanol–water partition coefficient (Wildman–Crippen LogP) is 2.31. The molecule has 0 atom stereocenters. The summed E-state index contributed by atoms with van der Waals surface area (Å²) in [7, 11) is 0. The predicted molar refractivity (Wildman–Crippen MR) is 80.1 cm³/mol. The maximum Gasteiger partial charge on any atom is 0.254 e. The third-order valence-corrected chi connectivity index (χ3v) is 4.64. The number of aliphatic hydroxyl groups is 1. The summed E-state index contributed by atoms with van der Waals surface area (Å²) in [6.07, 6.45) is 4.72. The van der Waals surface area contributed by atoms with Gasteiger partial charge in [0.2, 0.25) is 0 Å². The summed E-state index contributed by atoms with van der Waals surface area (Å²) >= 11 is 0. The first kappa shape index (κ1) is 14.5. The molecule has 1 amide bonds. The van der Waals surface area contributed by atoms with E-state index in [-0.39, 0.29) is 5.91 Å². The Balaban J connectivity index is 1.90. The van der Waals surface area contributed by atoms with E-state index in [1.807, 2.05) is 29.2 Å². The number of nitrogens with zero attached hydrogens (tertiary/aromatic N) is 1. The fourth-order valence-corrected chi connectivity index (χ4v) is 3.42. The minimum Gasteiger partial charge on any atom is -0.385 e. The van der Waals surface area contributed by atoms with Crippen LogP contribution in [-0.4, -0.2) is 42.2 Å². The molecule has 0 aromatic heterocycles. The summed E-state index contributed by atoms with van der Waals surface area (Å²) in [6, 6.07) is 7.56. The number of carbonyl (C=O) groups excluding carboxylic acids is 1. The van der Waals surface area contributed by atoms with Gasteiger partial charge in [-0.05, 0) is 24.5 Å². The summed E-state index contributed by atoms with van der Waals surface area (Å²) in [6.45, 7) is 2.45. The monoisotopic (exact) mass is 289 g/mol. The average molecular weight is 289 g/mol. The standard InChI is InChI=1S/C17H23NO3/c19-16(18-10-12-21-13-11-18)14-6-2-3-7-15(14)17(20)8-4-1-5-9-17/h2-3,6-7,20H,1,4-5,8-13H2. The van der Waals surface area contributed by atoms with Crippen LogP contribution in [0.25, 0.3) is 0 Å². The molecule has 114 valence electrons. The Morgan fingerprint density at radius 3 is 2.48 bits per heavy atom. The fraction of sp³-hybridized carbons (Fsp3) is 0.588. The molecule has 1 aromatic carbocycles. The van der Waals surface area contributed by atoms with E-state index < -0.39 is 5.60 Å². The first-order valence-corrected chi connectivity index (χ1v) is 7.90. The zero-order valence-electron chi connectivity index (χ0n) is 12.4. The van der Waals surface area contributed by atoms with Gasteiger partial charge in [-0.3, -0.25) is 4.79 Å². The highest BCUT2D eigenvalue weighted by atomic mass is 16.5. The normalized spacial score (nSPS) is 22.0. The van der Waals surface area contributed by atoms with Crippen LogP contribution >= 0.6 is 0 Å². The van der Waals surface area contributed by atoms with Crippen LogP contribution in [0.15, 0.2) is 24.3 Å². The maximum absolute atomic E-state index is 12.8. The second kappa shape index (κ2) is 6.16. The lowest BCUT2D eigenvalue weighted by molar-refractivity contribution is -0.00253. The Labute approximate surface area is 125 Å². The van der Waals surface area contributed by atoms with Crippen molar-refractivity contribution in [3.8, 4) is 0 Å². The minimum atomic E-state index is -0.837. The van der Waals surface area contributed by atoms with Crippen molar-refractivity contribution in [2.75, 3.05) is 26.3 Å². The zero-order chi connectivity index (χ0) is 14.7. The zero-order valence-corrected chi connectivity index (χ0v) is 12.4. The molecule has 1 aliphatic carbocycles. The van der Waals surface area contributed by atoms with E-state index >= 15 is 0 Å². The molecule has 1 saturated heterocycles. The third-order valence-electron chi connectivity index (χ3n) is 4.64. The number of ether oxygens (including phenoxy) is 1. The molecule has 21 heavy (non-hydrogen) atoms. The van der Waals surface area contributed by atoms with Crippen molar-refractivity contribution >= 4 is 5.91 Å². The van der Waals surface area contributed by atoms with Crippen molar-refractivity contribution in [3.63, 3.8) is 0 Å². The molecule has 4 heteroatoms. The summed E-state index contributed by atoms with van der Waals surface area (Å²) < 4.78 is 5.31. The number of carbonyl (C=O) groups is 1. The molecule has 1 heterocycles. The van der Waals surface area contributed by atoms with Crippen LogP contribution < -0.4 is 0 Å². The van der Waals surface area contributed by atoms with Gasteiger partial charge < -0.3 is 14.7 Å². The second-order valence-corrected chi connectivity index (χ2v) is 6.04. The van der Waals surface area contributed by atoms with Crippen molar-refractivity contribution in [2.45, 2.75) is 37.7 Å². The van der Waals surface area contributed by atoms with Gasteiger partial charge >= 0.3 is 0 Å². The number of morpholine rings is 1. The van der Waals surface area contributed by atoms with Crippen LogP contribution in [0.5, 0.6) is 0 Å². The molecule has 2 fully saturated rings. The summed E-state index contributed by atoms with van der Waals surface area (Å²) in [5.74, 6) is 0.0212. The highest BCUT2D eigenvalue weighted by molar-refractivity contribution is 5.96. The van der Waals surface area contributed by atoms with Crippen LogP contribution in [-0.2, 0) is 10.3 Å². The Morgan fingerprint density at radius 1 is 1.10 bits per heavy atom. The number of benzene rings is 1. The van der Waals surface area contributed by atoms with Crippen molar-refractivity contribution in [1.82, 2.24) is 4.90 Å². The molecular formula is C17H23NO3. The van der Waals surface area contributed by atoms with Gasteiger partial charge in [-0.25, -0.2) is 0 Å². The van der Waals surface area contributed by atoms with Gasteiger partial charge in [-0.15, -0.1) is 0 Å². The van der Waals surface area contributed by atoms with E-state index in [0.29, 0.717) is 31.9 Å². The smallest absolute Gasteiger partial charge is 0.254 e. The molecule has 1 saturated carbocycles. The third kappa shape index (κ3) is 2.97. The SMILES string of the molecule is O=C(c1ccccc1C1(O)CCCCC1)N1CCOCC1. The molecule has 1 aromatic rings. The van der Waals surface area contributed by atoms with Crippen molar-refractivity contribution in [2.24, 2.45) is 0 Å². The van der Waals surface area contributed by atoms with Gasteiger partial charge in [0.15, 0.2) is 0 Å². The van der Waals surface area contributed by atoms with Crippen LogP contribution in [0.4, 0.5) is 0 Å². The molecule has 4 nitrogen and oxygen atoms in total. The van der Waals surface area contributed by atoms with E-state index in [9.17, 15) is 9.90 Å². The maximum atomic E-state index is 12.8. The number of hydrogen-bond donors (Lipinski definition) is 1. The number of rotatable bonds is 2.